The van der Waals surface area contributed by atoms with Crippen LogP contribution >= 0.6 is 23.2 Å². The van der Waals surface area contributed by atoms with Crippen LogP contribution in [0.4, 0.5) is 5.69 Å². The third kappa shape index (κ3) is 2.26. The van der Waals surface area contributed by atoms with E-state index in [4.69, 9.17) is 23.2 Å². The molecule has 5 aliphatic rings. The Bertz CT molecular complexity index is 848. The second kappa shape index (κ2) is 5.57. The number of benzene rings is 1. The molecule has 6 atom stereocenters. The van der Waals surface area contributed by atoms with Gasteiger partial charge in [0.2, 0.25) is 17.7 Å². The Morgan fingerprint density at radius 3 is 2.23 bits per heavy atom. The lowest BCUT2D eigenvalue weighted by molar-refractivity contribution is -0.142. The standard InChI is InChI=1S/C19H16Cl2N2O3/c20-13-4-1-8(5-14(13)21)22-15(24)7-23-18(25)16-9-2-3-10(12-6-11(9)12)17(16)19(23)26/h1-5,9-12,16-17H,6-7H2,(H,22,24)/t9-,10+,11-,12-,16+,17+/m1/s1. The first-order chi connectivity index (χ1) is 12.5. The minimum atomic E-state index is -0.422. The van der Waals surface area contributed by atoms with Crippen LogP contribution in [0, 0.1) is 35.5 Å². The second-order valence-electron chi connectivity index (χ2n) is 7.59. The minimum Gasteiger partial charge on any atom is -0.324 e. The molecule has 0 radical (unpaired) electrons. The highest BCUT2D eigenvalue weighted by molar-refractivity contribution is 6.42. The van der Waals surface area contributed by atoms with E-state index in [2.05, 4.69) is 17.5 Å². The predicted octanol–water partition coefficient (Wildman–Crippen LogP) is 2.99. The summed E-state index contributed by atoms with van der Waals surface area (Å²) < 4.78 is 0. The number of allylic oxidation sites excluding steroid dienone is 2. The van der Waals surface area contributed by atoms with Crippen molar-refractivity contribution in [2.75, 3.05) is 11.9 Å². The third-order valence-corrected chi connectivity index (χ3v) is 7.00. The van der Waals surface area contributed by atoms with Crippen LogP contribution in [0.2, 0.25) is 10.0 Å². The maximum Gasteiger partial charge on any atom is 0.244 e. The van der Waals surface area contributed by atoms with Gasteiger partial charge in [-0.3, -0.25) is 19.3 Å². The van der Waals surface area contributed by atoms with Crippen LogP contribution < -0.4 is 5.32 Å². The first-order valence-corrected chi connectivity index (χ1v) is 9.50. The van der Waals surface area contributed by atoms with Crippen molar-refractivity contribution in [2.45, 2.75) is 6.42 Å². The van der Waals surface area contributed by atoms with Gasteiger partial charge in [0.15, 0.2) is 0 Å². The van der Waals surface area contributed by atoms with Gasteiger partial charge in [0, 0.05) is 5.69 Å². The van der Waals surface area contributed by atoms with E-state index in [9.17, 15) is 14.4 Å². The van der Waals surface area contributed by atoms with E-state index in [-0.39, 0.29) is 42.0 Å². The normalized spacial score (nSPS) is 36.2. The Morgan fingerprint density at radius 1 is 1.04 bits per heavy atom. The van der Waals surface area contributed by atoms with Crippen LogP contribution in [0.15, 0.2) is 30.4 Å². The lowest BCUT2D eigenvalue weighted by Gasteiger charge is -2.37. The maximum atomic E-state index is 12.8. The van der Waals surface area contributed by atoms with Gasteiger partial charge in [-0.25, -0.2) is 0 Å². The third-order valence-electron chi connectivity index (χ3n) is 6.26. The van der Waals surface area contributed by atoms with E-state index in [0.29, 0.717) is 27.6 Å². The molecule has 1 aliphatic heterocycles. The highest BCUT2D eigenvalue weighted by Crippen LogP contribution is 2.65. The van der Waals surface area contributed by atoms with Crippen LogP contribution in [-0.4, -0.2) is 29.2 Å². The fourth-order valence-electron chi connectivity index (χ4n) is 5.09. The molecule has 1 aromatic carbocycles. The molecule has 1 heterocycles. The van der Waals surface area contributed by atoms with E-state index in [1.54, 1.807) is 12.1 Å². The number of anilines is 1. The van der Waals surface area contributed by atoms with Gasteiger partial charge in [-0.1, -0.05) is 35.4 Å². The van der Waals surface area contributed by atoms with Crippen molar-refractivity contribution in [3.05, 3.63) is 40.4 Å². The minimum absolute atomic E-state index is 0.162. The topological polar surface area (TPSA) is 66.5 Å². The van der Waals surface area contributed by atoms with E-state index in [1.807, 2.05) is 0 Å². The zero-order chi connectivity index (χ0) is 18.2. The lowest BCUT2D eigenvalue weighted by Crippen LogP contribution is -2.40. The van der Waals surface area contributed by atoms with Crippen molar-refractivity contribution in [1.29, 1.82) is 0 Å². The number of halogens is 2. The fraction of sp³-hybridized carbons (Fsp3) is 0.421. The zero-order valence-electron chi connectivity index (χ0n) is 13.7. The van der Waals surface area contributed by atoms with Crippen molar-refractivity contribution in [2.24, 2.45) is 35.5 Å². The van der Waals surface area contributed by atoms with E-state index < -0.39 is 5.91 Å². The van der Waals surface area contributed by atoms with Crippen molar-refractivity contribution in [1.82, 2.24) is 4.90 Å². The average molecular weight is 391 g/mol. The summed E-state index contributed by atoms with van der Waals surface area (Å²) in [5, 5.41) is 3.38. The number of rotatable bonds is 3. The first-order valence-electron chi connectivity index (χ1n) is 8.74. The number of likely N-dealkylation sites (tertiary alicyclic amines) is 1. The number of hydrogen-bond acceptors (Lipinski definition) is 3. The van der Waals surface area contributed by atoms with Gasteiger partial charge in [-0.2, -0.15) is 0 Å². The number of nitrogens with zero attached hydrogens (tertiary/aromatic N) is 1. The average Bonchev–Trinajstić information content (AvgIpc) is 3.39. The van der Waals surface area contributed by atoms with Gasteiger partial charge in [0.05, 0.1) is 21.9 Å². The number of hydrogen-bond donors (Lipinski definition) is 1. The summed E-state index contributed by atoms with van der Waals surface area (Å²) in [7, 11) is 0. The summed E-state index contributed by atoms with van der Waals surface area (Å²) >= 11 is 11.8. The molecule has 4 aliphatic carbocycles. The van der Waals surface area contributed by atoms with Gasteiger partial charge in [-0.05, 0) is 48.3 Å². The zero-order valence-corrected chi connectivity index (χ0v) is 15.2. The van der Waals surface area contributed by atoms with Gasteiger partial charge in [0.25, 0.3) is 0 Å². The summed E-state index contributed by atoms with van der Waals surface area (Å²) in [5.41, 5.74) is 0.476. The SMILES string of the molecule is O=C(CN1C(=O)[C@H]2[C@@H]3C=C[C@@H]([C@H]4C[C@H]34)[C@@H]2C1=O)Nc1ccc(Cl)c(Cl)c1. The van der Waals surface area contributed by atoms with Crippen LogP contribution in [-0.2, 0) is 14.4 Å². The molecule has 6 rings (SSSR count). The van der Waals surface area contributed by atoms with E-state index in [0.717, 1.165) is 11.3 Å². The molecule has 0 aromatic heterocycles. The molecule has 1 aromatic rings. The molecule has 3 amide bonds. The van der Waals surface area contributed by atoms with Crippen LogP contribution in [0.1, 0.15) is 6.42 Å². The maximum absolute atomic E-state index is 12.8. The number of carbonyl (C=O) groups is 3. The molecule has 7 heteroatoms. The number of imide groups is 1. The highest BCUT2D eigenvalue weighted by Gasteiger charge is 2.67. The van der Waals surface area contributed by atoms with Gasteiger partial charge < -0.3 is 5.32 Å². The number of nitrogens with one attached hydrogen (secondary N) is 1. The van der Waals surface area contributed by atoms with Crippen LogP contribution in [0.25, 0.3) is 0 Å². The van der Waals surface area contributed by atoms with Crippen molar-refractivity contribution in [3.63, 3.8) is 0 Å². The molecule has 3 fully saturated rings. The van der Waals surface area contributed by atoms with Crippen molar-refractivity contribution in [3.8, 4) is 0 Å². The van der Waals surface area contributed by atoms with Crippen molar-refractivity contribution >= 4 is 46.6 Å². The monoisotopic (exact) mass is 390 g/mol. The van der Waals surface area contributed by atoms with Gasteiger partial charge in [0.1, 0.15) is 6.54 Å². The van der Waals surface area contributed by atoms with Gasteiger partial charge in [-0.15, -0.1) is 0 Å². The van der Waals surface area contributed by atoms with Crippen LogP contribution in [0.3, 0.4) is 0 Å². The number of amides is 3. The van der Waals surface area contributed by atoms with Crippen molar-refractivity contribution < 1.29 is 14.4 Å². The molecule has 0 unspecified atom stereocenters. The van der Waals surface area contributed by atoms with Gasteiger partial charge >= 0.3 is 0 Å². The number of carbonyl (C=O) groups excluding carboxylic acids is 3. The molecule has 2 saturated carbocycles. The Hall–Kier alpha value is -1.85. The summed E-state index contributed by atoms with van der Waals surface area (Å²) in [6.07, 6.45) is 5.35. The Morgan fingerprint density at radius 2 is 1.65 bits per heavy atom. The first kappa shape index (κ1) is 16.3. The predicted molar refractivity (Wildman–Crippen MR) is 96.5 cm³/mol. The summed E-state index contributed by atoms with van der Waals surface area (Å²) in [4.78, 5) is 39.2. The Labute approximate surface area is 160 Å². The molecule has 1 N–H and O–H groups in total. The van der Waals surface area contributed by atoms with E-state index in [1.165, 1.54) is 6.07 Å². The van der Waals surface area contributed by atoms with Crippen LogP contribution in [0.5, 0.6) is 0 Å². The second-order valence-corrected chi connectivity index (χ2v) is 8.41. The molecular formula is C19H16Cl2N2O3. The quantitative estimate of drug-likeness (QED) is 0.637. The van der Waals surface area contributed by atoms with E-state index >= 15 is 0 Å². The molecule has 2 bridgehead atoms. The molecule has 134 valence electrons. The highest BCUT2D eigenvalue weighted by atomic mass is 35.5. The molecule has 1 saturated heterocycles. The summed E-state index contributed by atoms with van der Waals surface area (Å²) in [5.74, 6) is 0.0420. The fourth-order valence-corrected chi connectivity index (χ4v) is 5.39. The molecule has 0 spiro atoms. The summed E-state index contributed by atoms with van der Waals surface area (Å²) in [6, 6.07) is 4.74. The molecule has 26 heavy (non-hydrogen) atoms. The largest absolute Gasteiger partial charge is 0.324 e. The Kier molecular flexibility index (Phi) is 3.50. The smallest absolute Gasteiger partial charge is 0.244 e. The summed E-state index contributed by atoms with van der Waals surface area (Å²) in [6.45, 7) is -0.264. The Balaban J connectivity index is 1.32. The molecule has 5 nitrogen and oxygen atoms in total. The lowest BCUT2D eigenvalue weighted by atomic mass is 9.63. The molecular weight excluding hydrogens is 375 g/mol.